The Balaban J connectivity index is 0.00000336. The van der Waals surface area contributed by atoms with Crippen molar-refractivity contribution in [2.24, 2.45) is 0 Å². The van der Waals surface area contributed by atoms with Gasteiger partial charge in [0, 0.05) is 43.8 Å². The number of pyridine rings is 1. The smallest absolute Gasteiger partial charge is 0.278 e. The number of likely N-dealkylation sites (N-methyl/N-ethyl adjacent to an activating group) is 1. The fourth-order valence-corrected chi connectivity index (χ4v) is 4.44. The zero-order valence-electron chi connectivity index (χ0n) is 21.8. The molecule has 3 aromatic heterocycles. The van der Waals surface area contributed by atoms with Crippen LogP contribution in [-0.2, 0) is 12.1 Å². The number of anilines is 3. The fourth-order valence-electron chi connectivity index (χ4n) is 4.44. The molecule has 1 aliphatic rings. The first kappa shape index (κ1) is 27.5. The van der Waals surface area contributed by atoms with Crippen LogP contribution < -0.4 is 15.8 Å². The van der Waals surface area contributed by atoms with Crippen LogP contribution in [0.15, 0.2) is 66.1 Å². The van der Waals surface area contributed by atoms with Crippen LogP contribution in [0.2, 0.25) is 0 Å². The van der Waals surface area contributed by atoms with Crippen molar-refractivity contribution in [3.05, 3.63) is 77.4 Å². The first-order valence-corrected chi connectivity index (χ1v) is 12.3. The maximum Gasteiger partial charge on any atom is 0.278 e. The van der Waals surface area contributed by atoms with Crippen molar-refractivity contribution < 1.29 is 5.11 Å². The van der Waals surface area contributed by atoms with Gasteiger partial charge >= 0.3 is 0 Å². The number of halogens is 1. The minimum absolute atomic E-state index is 0. The Morgan fingerprint density at radius 2 is 1.79 bits per heavy atom. The average Bonchev–Trinajstić information content (AvgIpc) is 3.15. The standard InChI is InChI=1S/C27H32N8O2.BrH/c1-5-13-34-25(36)21-18-28-26(29-19-9-11-20(12-10-19)33-16-14-32(4)15-17-33)31-24(21)35(34)23-8-6-7-22(30-23)27(2,3)37;/h5-12,18,37H,1,13-17H2,2-4H3,(H,28,29,31);1H. The molecule has 200 valence electrons. The molecular weight excluding hydrogens is 548 g/mol. The zero-order valence-corrected chi connectivity index (χ0v) is 23.5. The number of nitrogens with zero attached hydrogens (tertiary/aromatic N) is 7. The predicted octanol–water partition coefficient (Wildman–Crippen LogP) is 3.46. The van der Waals surface area contributed by atoms with E-state index in [9.17, 15) is 9.90 Å². The molecule has 0 radical (unpaired) electrons. The summed E-state index contributed by atoms with van der Waals surface area (Å²) in [5, 5.41) is 14.1. The number of nitrogens with one attached hydrogen (secondary N) is 1. The Morgan fingerprint density at radius 3 is 2.45 bits per heavy atom. The topological polar surface area (TPSA) is 104 Å². The number of fused-ring (bicyclic) bond motifs is 1. The first-order chi connectivity index (χ1) is 17.7. The summed E-state index contributed by atoms with van der Waals surface area (Å²) < 4.78 is 3.16. The summed E-state index contributed by atoms with van der Waals surface area (Å²) in [6, 6.07) is 13.5. The molecule has 4 aromatic rings. The quantitative estimate of drug-likeness (QED) is 0.320. The van der Waals surface area contributed by atoms with Gasteiger partial charge in [0.05, 0.1) is 12.2 Å². The molecule has 0 saturated carbocycles. The molecule has 5 rings (SSSR count). The second-order valence-corrected chi connectivity index (χ2v) is 9.82. The van der Waals surface area contributed by atoms with E-state index in [4.69, 9.17) is 4.98 Å². The predicted molar refractivity (Wildman–Crippen MR) is 156 cm³/mol. The van der Waals surface area contributed by atoms with Gasteiger partial charge in [-0.15, -0.1) is 23.6 Å². The highest BCUT2D eigenvalue weighted by atomic mass is 79.9. The molecule has 0 amide bonds. The number of rotatable bonds is 7. The van der Waals surface area contributed by atoms with Gasteiger partial charge < -0.3 is 20.2 Å². The molecule has 11 heteroatoms. The lowest BCUT2D eigenvalue weighted by Gasteiger charge is -2.34. The Kier molecular flexibility index (Phi) is 8.00. The van der Waals surface area contributed by atoms with E-state index in [1.54, 1.807) is 42.8 Å². The minimum atomic E-state index is -1.14. The third-order valence-electron chi connectivity index (χ3n) is 6.55. The van der Waals surface area contributed by atoms with E-state index < -0.39 is 5.60 Å². The van der Waals surface area contributed by atoms with E-state index in [1.165, 1.54) is 16.6 Å². The molecule has 1 fully saturated rings. The van der Waals surface area contributed by atoms with Gasteiger partial charge in [-0.25, -0.2) is 19.3 Å². The third kappa shape index (κ3) is 5.50. The molecule has 2 N–H and O–H groups in total. The van der Waals surface area contributed by atoms with Gasteiger partial charge in [0.15, 0.2) is 11.5 Å². The van der Waals surface area contributed by atoms with Gasteiger partial charge in [-0.1, -0.05) is 12.1 Å². The maximum atomic E-state index is 13.2. The number of aromatic nitrogens is 5. The molecular formula is C27H33BrN8O2. The lowest BCUT2D eigenvalue weighted by molar-refractivity contribution is 0.0738. The Morgan fingerprint density at radius 1 is 1.08 bits per heavy atom. The second-order valence-electron chi connectivity index (χ2n) is 9.82. The lowest BCUT2D eigenvalue weighted by atomic mass is 10.1. The molecule has 0 spiro atoms. The minimum Gasteiger partial charge on any atom is -0.384 e. The van der Waals surface area contributed by atoms with Gasteiger partial charge in [0.1, 0.15) is 11.0 Å². The summed E-state index contributed by atoms with van der Waals surface area (Å²) in [6.45, 7) is 11.5. The van der Waals surface area contributed by atoms with E-state index >= 15 is 0 Å². The lowest BCUT2D eigenvalue weighted by Crippen LogP contribution is -2.44. The average molecular weight is 582 g/mol. The van der Waals surface area contributed by atoms with Gasteiger partial charge in [-0.2, -0.15) is 4.98 Å². The number of benzene rings is 1. The summed E-state index contributed by atoms with van der Waals surface area (Å²) in [7, 11) is 2.15. The van der Waals surface area contributed by atoms with E-state index in [-0.39, 0.29) is 29.1 Å². The van der Waals surface area contributed by atoms with Crippen molar-refractivity contribution in [1.29, 1.82) is 0 Å². The van der Waals surface area contributed by atoms with E-state index in [0.717, 1.165) is 31.9 Å². The number of hydrogen-bond donors (Lipinski definition) is 2. The number of hydrogen-bond acceptors (Lipinski definition) is 8. The molecule has 0 bridgehead atoms. The molecule has 1 aliphatic heterocycles. The maximum absolute atomic E-state index is 13.2. The largest absolute Gasteiger partial charge is 0.384 e. The van der Waals surface area contributed by atoms with Gasteiger partial charge in [-0.05, 0) is 57.3 Å². The fraction of sp³-hybridized carbons (Fsp3) is 0.333. The molecule has 0 aliphatic carbocycles. The highest BCUT2D eigenvalue weighted by Crippen LogP contribution is 2.23. The summed E-state index contributed by atoms with van der Waals surface area (Å²) in [5.74, 6) is 0.831. The summed E-state index contributed by atoms with van der Waals surface area (Å²) in [4.78, 5) is 31.6. The van der Waals surface area contributed by atoms with Crippen molar-refractivity contribution in [3.63, 3.8) is 0 Å². The van der Waals surface area contributed by atoms with Gasteiger partial charge in [-0.3, -0.25) is 4.79 Å². The summed E-state index contributed by atoms with van der Waals surface area (Å²) in [6.07, 6.45) is 3.17. The van der Waals surface area contributed by atoms with Gasteiger partial charge in [0.2, 0.25) is 5.95 Å². The van der Waals surface area contributed by atoms with Crippen LogP contribution in [0.25, 0.3) is 16.9 Å². The molecule has 10 nitrogen and oxygen atoms in total. The first-order valence-electron chi connectivity index (χ1n) is 12.3. The van der Waals surface area contributed by atoms with Crippen LogP contribution in [0.1, 0.15) is 19.5 Å². The van der Waals surface area contributed by atoms with E-state index in [0.29, 0.717) is 28.5 Å². The molecule has 0 unspecified atom stereocenters. The van der Waals surface area contributed by atoms with E-state index in [1.807, 2.05) is 12.1 Å². The molecule has 1 saturated heterocycles. The Labute approximate surface area is 232 Å². The number of aliphatic hydroxyl groups is 1. The number of allylic oxidation sites excluding steroid dienone is 1. The second kappa shape index (κ2) is 11.1. The van der Waals surface area contributed by atoms with Crippen molar-refractivity contribution in [2.75, 3.05) is 43.4 Å². The van der Waals surface area contributed by atoms with Crippen LogP contribution in [0, 0.1) is 0 Å². The summed E-state index contributed by atoms with van der Waals surface area (Å²) in [5.41, 5.74) is 1.55. The van der Waals surface area contributed by atoms with Crippen LogP contribution >= 0.6 is 17.0 Å². The van der Waals surface area contributed by atoms with Gasteiger partial charge in [0.25, 0.3) is 5.56 Å². The highest BCUT2D eigenvalue weighted by molar-refractivity contribution is 8.93. The van der Waals surface area contributed by atoms with Crippen LogP contribution in [0.5, 0.6) is 0 Å². The zero-order chi connectivity index (χ0) is 26.2. The summed E-state index contributed by atoms with van der Waals surface area (Å²) >= 11 is 0. The van der Waals surface area contributed by atoms with Crippen molar-refractivity contribution in [3.8, 4) is 5.82 Å². The number of piperazine rings is 1. The van der Waals surface area contributed by atoms with Crippen LogP contribution in [0.3, 0.4) is 0 Å². The monoisotopic (exact) mass is 580 g/mol. The SMILES string of the molecule is Br.C=CCn1c(=O)c2cnc(Nc3ccc(N4CCN(C)CC4)cc3)nc2n1-c1cccc(C(C)(C)O)n1. The Bertz CT molecular complexity index is 1480. The molecule has 38 heavy (non-hydrogen) atoms. The molecule has 4 heterocycles. The van der Waals surface area contributed by atoms with Crippen LogP contribution in [0.4, 0.5) is 17.3 Å². The molecule has 1 aromatic carbocycles. The third-order valence-corrected chi connectivity index (χ3v) is 6.55. The van der Waals surface area contributed by atoms with Crippen molar-refractivity contribution in [1.82, 2.24) is 29.2 Å². The van der Waals surface area contributed by atoms with Crippen molar-refractivity contribution >= 4 is 45.3 Å². The molecule has 0 atom stereocenters. The van der Waals surface area contributed by atoms with E-state index in [2.05, 4.69) is 50.8 Å². The Hall–Kier alpha value is -3.54. The highest BCUT2D eigenvalue weighted by Gasteiger charge is 2.22. The normalized spacial score (nSPS) is 14.4. The van der Waals surface area contributed by atoms with Crippen molar-refractivity contribution in [2.45, 2.75) is 26.0 Å². The van der Waals surface area contributed by atoms with Crippen LogP contribution in [-0.4, -0.2) is 67.5 Å².